The first kappa shape index (κ1) is 19.8. The summed E-state index contributed by atoms with van der Waals surface area (Å²) in [5.41, 5.74) is 5.43. The number of aryl methyl sites for hydroxylation is 4. The predicted octanol–water partition coefficient (Wildman–Crippen LogP) is 6.43. The van der Waals surface area contributed by atoms with Crippen LogP contribution in [0.25, 0.3) is 11.4 Å². The van der Waals surface area contributed by atoms with E-state index in [1.165, 1.54) is 85.9 Å². The normalized spacial score (nSPS) is 11.2. The van der Waals surface area contributed by atoms with E-state index in [4.69, 9.17) is 0 Å². The van der Waals surface area contributed by atoms with Gasteiger partial charge in [0, 0.05) is 0 Å². The molecule has 0 aliphatic carbocycles. The number of rotatable bonds is 11. The molecule has 0 amide bonds. The van der Waals surface area contributed by atoms with Crippen LogP contribution in [0, 0.1) is 20.8 Å². The van der Waals surface area contributed by atoms with E-state index in [0.717, 1.165) is 6.54 Å². The van der Waals surface area contributed by atoms with E-state index in [-0.39, 0.29) is 0 Å². The molecule has 2 aromatic rings. The molecule has 0 saturated heterocycles. The topological polar surface area (TPSA) is 19.7 Å². The highest BCUT2D eigenvalue weighted by Gasteiger charge is 2.17. The molecule has 0 unspecified atom stereocenters. The van der Waals surface area contributed by atoms with Crippen LogP contribution in [0.4, 0.5) is 0 Å². The van der Waals surface area contributed by atoms with Crippen LogP contribution in [0.3, 0.4) is 0 Å². The summed E-state index contributed by atoms with van der Waals surface area (Å²) in [5.74, 6) is 1.26. The van der Waals surface area contributed by atoms with E-state index < -0.39 is 0 Å². The van der Waals surface area contributed by atoms with Gasteiger partial charge in [-0.15, -0.1) is 0 Å². The Morgan fingerprint density at radius 3 is 1.96 bits per heavy atom. The molecular weight excluding hydrogens is 304 g/mol. The van der Waals surface area contributed by atoms with Crippen LogP contribution in [0.15, 0.2) is 24.5 Å². The first-order valence-electron chi connectivity index (χ1n) is 10.3. The van der Waals surface area contributed by atoms with Gasteiger partial charge in [-0.3, -0.25) is 0 Å². The quantitative estimate of drug-likeness (QED) is 0.359. The van der Waals surface area contributed by atoms with Crippen molar-refractivity contribution < 1.29 is 4.57 Å². The Hall–Kier alpha value is -1.57. The monoisotopic (exact) mass is 341 g/mol. The van der Waals surface area contributed by atoms with Gasteiger partial charge in [-0.1, -0.05) is 69.6 Å². The molecule has 1 heterocycles. The molecule has 0 spiro atoms. The first-order chi connectivity index (χ1) is 12.1. The molecule has 2 rings (SSSR count). The summed E-state index contributed by atoms with van der Waals surface area (Å²) >= 11 is 0. The number of benzene rings is 1. The van der Waals surface area contributed by atoms with Crippen LogP contribution in [0.5, 0.6) is 0 Å². The van der Waals surface area contributed by atoms with E-state index in [0.29, 0.717) is 0 Å². The second-order valence-corrected chi connectivity index (χ2v) is 7.60. The molecule has 0 aliphatic heterocycles. The third kappa shape index (κ3) is 6.02. The average Bonchev–Trinajstić information content (AvgIpc) is 3.00. The zero-order chi connectivity index (χ0) is 18.1. The van der Waals surface area contributed by atoms with Crippen LogP contribution in [-0.4, -0.2) is 4.98 Å². The molecule has 1 aromatic carbocycles. The predicted molar refractivity (Wildman–Crippen MR) is 108 cm³/mol. The maximum absolute atomic E-state index is 3.47. The summed E-state index contributed by atoms with van der Waals surface area (Å²) in [6, 6.07) is 4.57. The van der Waals surface area contributed by atoms with Gasteiger partial charge in [0.05, 0.1) is 12.1 Å². The Kier molecular flexibility index (Phi) is 8.24. The minimum Gasteiger partial charge on any atom is -0.243 e. The molecule has 0 bridgehead atoms. The molecule has 0 fully saturated rings. The van der Waals surface area contributed by atoms with Crippen LogP contribution in [-0.2, 0) is 6.54 Å². The third-order valence-electron chi connectivity index (χ3n) is 5.18. The third-order valence-corrected chi connectivity index (χ3v) is 5.18. The number of nitrogens with one attached hydrogen (secondary N) is 1. The van der Waals surface area contributed by atoms with Gasteiger partial charge in [0.15, 0.2) is 0 Å². The number of imidazole rings is 1. The van der Waals surface area contributed by atoms with Gasteiger partial charge in [0.25, 0.3) is 5.82 Å². The summed E-state index contributed by atoms with van der Waals surface area (Å²) in [6.07, 6.45) is 16.7. The van der Waals surface area contributed by atoms with Gasteiger partial charge < -0.3 is 0 Å². The van der Waals surface area contributed by atoms with Crippen molar-refractivity contribution >= 4 is 0 Å². The fourth-order valence-corrected chi connectivity index (χ4v) is 3.91. The number of aromatic amines is 1. The number of unbranched alkanes of at least 4 members (excludes halogenated alkanes) is 8. The Morgan fingerprint density at radius 2 is 1.36 bits per heavy atom. The van der Waals surface area contributed by atoms with Crippen LogP contribution >= 0.6 is 0 Å². The second-order valence-electron chi connectivity index (χ2n) is 7.60. The van der Waals surface area contributed by atoms with Crippen molar-refractivity contribution in [1.82, 2.24) is 4.98 Å². The zero-order valence-electron chi connectivity index (χ0n) is 16.8. The lowest BCUT2D eigenvalue weighted by atomic mass is 9.99. The van der Waals surface area contributed by atoms with Crippen molar-refractivity contribution in [2.45, 2.75) is 92.0 Å². The van der Waals surface area contributed by atoms with Crippen LogP contribution < -0.4 is 4.57 Å². The Bertz CT molecular complexity index is 616. The summed E-state index contributed by atoms with van der Waals surface area (Å²) in [7, 11) is 0. The Labute approximate surface area is 154 Å². The molecule has 1 N–H and O–H groups in total. The van der Waals surface area contributed by atoms with E-state index in [9.17, 15) is 0 Å². The summed E-state index contributed by atoms with van der Waals surface area (Å²) < 4.78 is 2.39. The van der Waals surface area contributed by atoms with Gasteiger partial charge in [-0.25, -0.2) is 9.55 Å². The average molecular weight is 342 g/mol. The maximum atomic E-state index is 3.47. The fraction of sp³-hybridized carbons (Fsp3) is 0.609. The van der Waals surface area contributed by atoms with E-state index in [1.807, 2.05) is 0 Å². The smallest absolute Gasteiger partial charge is 0.243 e. The molecular formula is C23H37N2+. The zero-order valence-corrected chi connectivity index (χ0v) is 16.8. The number of hydrogen-bond acceptors (Lipinski definition) is 0. The summed E-state index contributed by atoms with van der Waals surface area (Å²) in [5, 5.41) is 0. The Balaban J connectivity index is 1.81. The lowest BCUT2D eigenvalue weighted by molar-refractivity contribution is -0.685. The molecule has 0 radical (unpaired) electrons. The molecule has 25 heavy (non-hydrogen) atoms. The minimum absolute atomic E-state index is 1.11. The number of hydrogen-bond donors (Lipinski definition) is 1. The van der Waals surface area contributed by atoms with Crippen molar-refractivity contribution in [1.29, 1.82) is 0 Å². The molecule has 0 saturated carbocycles. The van der Waals surface area contributed by atoms with E-state index >= 15 is 0 Å². The molecule has 138 valence electrons. The minimum atomic E-state index is 1.11. The van der Waals surface area contributed by atoms with Crippen molar-refractivity contribution in [3.8, 4) is 11.4 Å². The lowest BCUT2D eigenvalue weighted by Crippen LogP contribution is -2.34. The number of aromatic nitrogens is 2. The van der Waals surface area contributed by atoms with E-state index in [1.54, 1.807) is 0 Å². The number of nitrogens with zero attached hydrogens (tertiary/aromatic N) is 1. The van der Waals surface area contributed by atoms with Crippen molar-refractivity contribution in [3.63, 3.8) is 0 Å². The molecule has 2 nitrogen and oxygen atoms in total. The number of H-pyrrole nitrogens is 1. The van der Waals surface area contributed by atoms with Gasteiger partial charge in [0.1, 0.15) is 12.4 Å². The maximum Gasteiger partial charge on any atom is 0.287 e. The van der Waals surface area contributed by atoms with Gasteiger partial charge in [0.2, 0.25) is 0 Å². The highest BCUT2D eigenvalue weighted by molar-refractivity contribution is 5.63. The van der Waals surface area contributed by atoms with Crippen LogP contribution in [0.1, 0.15) is 81.4 Å². The highest BCUT2D eigenvalue weighted by Crippen LogP contribution is 2.24. The van der Waals surface area contributed by atoms with Gasteiger partial charge >= 0.3 is 0 Å². The Morgan fingerprint density at radius 1 is 0.800 bits per heavy atom. The largest absolute Gasteiger partial charge is 0.287 e. The van der Waals surface area contributed by atoms with E-state index in [2.05, 4.69) is 61.8 Å². The first-order valence-corrected chi connectivity index (χ1v) is 10.3. The van der Waals surface area contributed by atoms with Crippen molar-refractivity contribution in [3.05, 3.63) is 41.2 Å². The molecule has 0 aliphatic rings. The highest BCUT2D eigenvalue weighted by atomic mass is 15.1. The lowest BCUT2D eigenvalue weighted by Gasteiger charge is -2.09. The van der Waals surface area contributed by atoms with Gasteiger partial charge in [-0.05, 0) is 44.7 Å². The fourth-order valence-electron chi connectivity index (χ4n) is 3.91. The van der Waals surface area contributed by atoms with Crippen molar-refractivity contribution in [2.24, 2.45) is 0 Å². The molecule has 2 heteroatoms. The van der Waals surface area contributed by atoms with Crippen LogP contribution in [0.2, 0.25) is 0 Å². The second kappa shape index (κ2) is 10.4. The SMILES string of the molecule is CCCCCCCCCCC[n+]1cc[nH]c1-c1c(C)cc(C)cc1C. The molecule has 1 aromatic heterocycles. The summed E-state index contributed by atoms with van der Waals surface area (Å²) in [6.45, 7) is 10.0. The van der Waals surface area contributed by atoms with Gasteiger partial charge in [-0.2, -0.15) is 0 Å². The standard InChI is InChI=1S/C23H36N2/c1-5-6-7-8-9-10-11-12-13-15-25-16-14-24-23(25)22-20(3)17-19(2)18-21(22)4/h14,16-18H,5-13,15H2,1-4H3/p+1. The summed E-state index contributed by atoms with van der Waals surface area (Å²) in [4.78, 5) is 3.47. The molecule has 0 atom stereocenters. The van der Waals surface area contributed by atoms with Crippen molar-refractivity contribution in [2.75, 3.05) is 0 Å².